The predicted octanol–water partition coefficient (Wildman–Crippen LogP) is 0.210. The SMILES string of the molecule is O=C(NCCc1ncc[nH]1)C1CCCCN1. The summed E-state index contributed by atoms with van der Waals surface area (Å²) in [5, 5.41) is 6.16. The number of aromatic amines is 1. The van der Waals surface area contributed by atoms with E-state index in [9.17, 15) is 4.79 Å². The maximum absolute atomic E-state index is 11.7. The Bertz CT molecular complexity index is 317. The predicted molar refractivity (Wildman–Crippen MR) is 60.9 cm³/mol. The van der Waals surface area contributed by atoms with Crippen LogP contribution in [0.4, 0.5) is 0 Å². The maximum Gasteiger partial charge on any atom is 0.237 e. The van der Waals surface area contributed by atoms with Crippen LogP contribution < -0.4 is 10.6 Å². The zero-order chi connectivity index (χ0) is 11.2. The Morgan fingerprint density at radius 3 is 3.19 bits per heavy atom. The maximum atomic E-state index is 11.7. The third kappa shape index (κ3) is 3.06. The average molecular weight is 222 g/mol. The molecule has 16 heavy (non-hydrogen) atoms. The fourth-order valence-corrected chi connectivity index (χ4v) is 1.94. The fourth-order valence-electron chi connectivity index (χ4n) is 1.94. The van der Waals surface area contributed by atoms with Gasteiger partial charge in [0.15, 0.2) is 0 Å². The number of carbonyl (C=O) groups is 1. The molecule has 1 unspecified atom stereocenters. The Labute approximate surface area is 95.0 Å². The summed E-state index contributed by atoms with van der Waals surface area (Å²) in [5.41, 5.74) is 0. The summed E-state index contributed by atoms with van der Waals surface area (Å²) in [6.07, 6.45) is 7.54. The van der Waals surface area contributed by atoms with Gasteiger partial charge in [0, 0.05) is 25.4 Å². The summed E-state index contributed by atoms with van der Waals surface area (Å²) < 4.78 is 0. The van der Waals surface area contributed by atoms with E-state index in [0.29, 0.717) is 6.54 Å². The van der Waals surface area contributed by atoms with Gasteiger partial charge in [0.05, 0.1) is 6.04 Å². The lowest BCUT2D eigenvalue weighted by Crippen LogP contribution is -2.47. The number of aromatic nitrogens is 2. The van der Waals surface area contributed by atoms with Gasteiger partial charge in [0.25, 0.3) is 0 Å². The number of H-pyrrole nitrogens is 1. The van der Waals surface area contributed by atoms with Crippen molar-refractivity contribution in [3.63, 3.8) is 0 Å². The molecule has 5 heteroatoms. The Morgan fingerprint density at radius 1 is 1.56 bits per heavy atom. The molecule has 0 saturated carbocycles. The zero-order valence-corrected chi connectivity index (χ0v) is 9.33. The molecule has 3 N–H and O–H groups in total. The molecule has 1 aromatic heterocycles. The van der Waals surface area contributed by atoms with Crippen molar-refractivity contribution >= 4 is 5.91 Å². The Hall–Kier alpha value is -1.36. The number of piperidine rings is 1. The molecule has 0 aromatic carbocycles. The number of carbonyl (C=O) groups excluding carboxylic acids is 1. The van der Waals surface area contributed by atoms with Gasteiger partial charge in [-0.2, -0.15) is 0 Å². The van der Waals surface area contributed by atoms with Crippen LogP contribution in [0, 0.1) is 0 Å². The van der Waals surface area contributed by atoms with E-state index in [1.165, 1.54) is 6.42 Å². The summed E-state index contributed by atoms with van der Waals surface area (Å²) in [6.45, 7) is 1.60. The number of imidazole rings is 1. The highest BCUT2D eigenvalue weighted by Crippen LogP contribution is 2.06. The van der Waals surface area contributed by atoms with Crippen molar-refractivity contribution in [1.82, 2.24) is 20.6 Å². The first kappa shape index (κ1) is 11.1. The lowest BCUT2D eigenvalue weighted by molar-refractivity contribution is -0.123. The van der Waals surface area contributed by atoms with Crippen LogP contribution in [-0.2, 0) is 11.2 Å². The van der Waals surface area contributed by atoms with Gasteiger partial charge >= 0.3 is 0 Å². The molecule has 0 aliphatic carbocycles. The number of amides is 1. The second-order valence-electron chi connectivity index (χ2n) is 4.08. The standard InChI is InChI=1S/C11H18N4O/c16-11(9-3-1-2-5-12-9)15-6-4-10-13-7-8-14-10/h7-9,12H,1-6H2,(H,13,14)(H,15,16). The first-order valence-corrected chi connectivity index (χ1v) is 5.85. The number of nitrogens with zero attached hydrogens (tertiary/aromatic N) is 1. The highest BCUT2D eigenvalue weighted by atomic mass is 16.2. The molecule has 1 fully saturated rings. The monoisotopic (exact) mass is 222 g/mol. The van der Waals surface area contributed by atoms with Gasteiger partial charge in [-0.05, 0) is 19.4 Å². The van der Waals surface area contributed by atoms with E-state index in [1.807, 2.05) is 0 Å². The minimum absolute atomic E-state index is 0.00495. The van der Waals surface area contributed by atoms with Crippen LogP contribution in [0.3, 0.4) is 0 Å². The molecular formula is C11H18N4O. The van der Waals surface area contributed by atoms with E-state index in [2.05, 4.69) is 20.6 Å². The van der Waals surface area contributed by atoms with E-state index in [4.69, 9.17) is 0 Å². The van der Waals surface area contributed by atoms with E-state index in [0.717, 1.165) is 31.6 Å². The second kappa shape index (κ2) is 5.65. The smallest absolute Gasteiger partial charge is 0.237 e. The van der Waals surface area contributed by atoms with Crippen molar-refractivity contribution in [1.29, 1.82) is 0 Å². The summed E-state index contributed by atoms with van der Waals surface area (Å²) in [6, 6.07) is 0.00495. The molecule has 2 heterocycles. The number of hydrogen-bond donors (Lipinski definition) is 3. The van der Waals surface area contributed by atoms with E-state index < -0.39 is 0 Å². The number of nitrogens with one attached hydrogen (secondary N) is 3. The van der Waals surface area contributed by atoms with Gasteiger partial charge in [0.2, 0.25) is 5.91 Å². The van der Waals surface area contributed by atoms with Gasteiger partial charge in [-0.25, -0.2) is 4.98 Å². The molecule has 0 spiro atoms. The van der Waals surface area contributed by atoms with Gasteiger partial charge in [-0.3, -0.25) is 4.79 Å². The lowest BCUT2D eigenvalue weighted by Gasteiger charge is -2.22. The summed E-state index contributed by atoms with van der Waals surface area (Å²) in [5.74, 6) is 1.03. The van der Waals surface area contributed by atoms with Gasteiger partial charge in [-0.15, -0.1) is 0 Å². The highest BCUT2D eigenvalue weighted by Gasteiger charge is 2.19. The van der Waals surface area contributed by atoms with Gasteiger partial charge in [0.1, 0.15) is 5.82 Å². The molecule has 0 radical (unpaired) electrons. The van der Waals surface area contributed by atoms with Crippen molar-refractivity contribution in [2.75, 3.05) is 13.1 Å². The zero-order valence-electron chi connectivity index (χ0n) is 9.33. The van der Waals surface area contributed by atoms with E-state index in [1.54, 1.807) is 12.4 Å². The number of hydrogen-bond acceptors (Lipinski definition) is 3. The fraction of sp³-hybridized carbons (Fsp3) is 0.636. The molecule has 1 aromatic rings. The largest absolute Gasteiger partial charge is 0.354 e. The van der Waals surface area contributed by atoms with E-state index in [-0.39, 0.29) is 11.9 Å². The minimum Gasteiger partial charge on any atom is -0.354 e. The molecule has 1 atom stereocenters. The first-order valence-electron chi connectivity index (χ1n) is 5.85. The van der Waals surface area contributed by atoms with Crippen molar-refractivity contribution < 1.29 is 4.79 Å². The lowest BCUT2D eigenvalue weighted by atomic mass is 10.0. The molecule has 1 saturated heterocycles. The molecule has 0 bridgehead atoms. The van der Waals surface area contributed by atoms with Crippen LogP contribution in [0.1, 0.15) is 25.1 Å². The first-order chi connectivity index (χ1) is 7.86. The van der Waals surface area contributed by atoms with Crippen molar-refractivity contribution in [2.45, 2.75) is 31.7 Å². The van der Waals surface area contributed by atoms with Crippen molar-refractivity contribution in [2.24, 2.45) is 0 Å². The average Bonchev–Trinajstić information content (AvgIpc) is 2.83. The molecule has 2 rings (SSSR count). The Kier molecular flexibility index (Phi) is 3.93. The highest BCUT2D eigenvalue weighted by molar-refractivity contribution is 5.81. The van der Waals surface area contributed by atoms with Crippen LogP contribution in [0.5, 0.6) is 0 Å². The van der Waals surface area contributed by atoms with Crippen LogP contribution in [0.25, 0.3) is 0 Å². The van der Waals surface area contributed by atoms with Crippen molar-refractivity contribution in [3.05, 3.63) is 18.2 Å². The minimum atomic E-state index is 0.00495. The van der Waals surface area contributed by atoms with E-state index >= 15 is 0 Å². The molecule has 1 amide bonds. The van der Waals surface area contributed by atoms with Crippen LogP contribution >= 0.6 is 0 Å². The molecule has 5 nitrogen and oxygen atoms in total. The third-order valence-corrected chi connectivity index (χ3v) is 2.84. The molecule has 1 aliphatic heterocycles. The number of rotatable bonds is 4. The third-order valence-electron chi connectivity index (χ3n) is 2.84. The topological polar surface area (TPSA) is 69.8 Å². The van der Waals surface area contributed by atoms with Crippen LogP contribution in [-0.4, -0.2) is 35.0 Å². The van der Waals surface area contributed by atoms with Crippen molar-refractivity contribution in [3.8, 4) is 0 Å². The summed E-state index contributed by atoms with van der Waals surface area (Å²) in [4.78, 5) is 18.8. The quantitative estimate of drug-likeness (QED) is 0.682. The molecule has 1 aliphatic rings. The van der Waals surface area contributed by atoms with Crippen LogP contribution in [0.2, 0.25) is 0 Å². The Balaban J connectivity index is 1.67. The summed E-state index contributed by atoms with van der Waals surface area (Å²) in [7, 11) is 0. The van der Waals surface area contributed by atoms with Gasteiger partial charge < -0.3 is 15.6 Å². The summed E-state index contributed by atoms with van der Waals surface area (Å²) >= 11 is 0. The normalized spacial score (nSPS) is 20.6. The Morgan fingerprint density at radius 2 is 2.50 bits per heavy atom. The van der Waals surface area contributed by atoms with Crippen LogP contribution in [0.15, 0.2) is 12.4 Å². The second-order valence-corrected chi connectivity index (χ2v) is 4.08. The molecule has 88 valence electrons. The molecular weight excluding hydrogens is 204 g/mol. The van der Waals surface area contributed by atoms with Gasteiger partial charge in [-0.1, -0.05) is 6.42 Å².